The summed E-state index contributed by atoms with van der Waals surface area (Å²) in [5, 5.41) is 2.20. The van der Waals surface area contributed by atoms with Gasteiger partial charge in [-0.15, -0.1) is 0 Å². The maximum absolute atomic E-state index is 12.1. The van der Waals surface area contributed by atoms with Crippen molar-refractivity contribution in [2.75, 3.05) is 46.4 Å². The van der Waals surface area contributed by atoms with Crippen LogP contribution in [0.25, 0.3) is 10.8 Å². The smallest absolute Gasteiger partial charge is 0.338 e. The van der Waals surface area contributed by atoms with Crippen molar-refractivity contribution in [3.8, 4) is 0 Å². The van der Waals surface area contributed by atoms with Crippen LogP contribution in [0.5, 0.6) is 0 Å². The molecule has 0 bridgehead atoms. The third-order valence-corrected chi connectivity index (χ3v) is 4.22. The van der Waals surface area contributed by atoms with E-state index in [1.54, 1.807) is 0 Å². The van der Waals surface area contributed by atoms with E-state index >= 15 is 0 Å². The van der Waals surface area contributed by atoms with Crippen LogP contribution in [0.3, 0.4) is 0 Å². The summed E-state index contributed by atoms with van der Waals surface area (Å²) >= 11 is 0. The first kappa shape index (κ1) is 15.0. The van der Waals surface area contributed by atoms with E-state index in [2.05, 4.69) is 16.8 Å². The largest absolute Gasteiger partial charge is 0.461 e. The minimum absolute atomic E-state index is 0.236. The highest BCUT2D eigenvalue weighted by molar-refractivity contribution is 5.95. The van der Waals surface area contributed by atoms with Crippen LogP contribution in [0.2, 0.25) is 0 Å². The lowest BCUT2D eigenvalue weighted by atomic mass is 10.1. The van der Waals surface area contributed by atoms with Crippen molar-refractivity contribution < 1.29 is 9.53 Å². The number of fused-ring (bicyclic) bond motifs is 1. The molecule has 22 heavy (non-hydrogen) atoms. The molecule has 3 rings (SSSR count). The van der Waals surface area contributed by atoms with Crippen molar-refractivity contribution in [2.45, 2.75) is 0 Å². The molecule has 2 aromatic carbocycles. The molecule has 1 heterocycles. The Balaban J connectivity index is 1.52. The van der Waals surface area contributed by atoms with E-state index in [-0.39, 0.29) is 5.97 Å². The number of esters is 1. The molecule has 1 saturated heterocycles. The maximum Gasteiger partial charge on any atom is 0.338 e. The number of piperazine rings is 1. The SMILES string of the molecule is CN1CCN(CCOC(=O)c2ccc3ccccc3c2)CC1. The molecule has 0 N–H and O–H groups in total. The molecule has 0 saturated carbocycles. The number of carbonyl (C=O) groups is 1. The lowest BCUT2D eigenvalue weighted by molar-refractivity contribution is 0.0432. The quantitative estimate of drug-likeness (QED) is 0.811. The van der Waals surface area contributed by atoms with E-state index in [9.17, 15) is 4.79 Å². The van der Waals surface area contributed by atoms with Gasteiger partial charge in [-0.05, 0) is 30.0 Å². The van der Waals surface area contributed by atoms with Crippen LogP contribution in [0.1, 0.15) is 10.4 Å². The Hall–Kier alpha value is -1.91. The molecule has 2 aromatic rings. The molecule has 0 aromatic heterocycles. The molecule has 116 valence electrons. The second kappa shape index (κ2) is 6.90. The summed E-state index contributed by atoms with van der Waals surface area (Å²) in [6, 6.07) is 13.7. The zero-order valence-corrected chi connectivity index (χ0v) is 13.0. The highest BCUT2D eigenvalue weighted by atomic mass is 16.5. The third-order valence-electron chi connectivity index (χ3n) is 4.22. The van der Waals surface area contributed by atoms with Gasteiger partial charge in [-0.2, -0.15) is 0 Å². The van der Waals surface area contributed by atoms with Crippen molar-refractivity contribution in [3.05, 3.63) is 48.0 Å². The minimum atomic E-state index is -0.236. The number of ether oxygens (including phenoxy) is 1. The van der Waals surface area contributed by atoms with E-state index in [4.69, 9.17) is 4.74 Å². The van der Waals surface area contributed by atoms with Gasteiger partial charge in [0.05, 0.1) is 5.56 Å². The summed E-state index contributed by atoms with van der Waals surface area (Å²) in [5.74, 6) is -0.236. The summed E-state index contributed by atoms with van der Waals surface area (Å²) in [4.78, 5) is 16.8. The van der Waals surface area contributed by atoms with E-state index < -0.39 is 0 Å². The van der Waals surface area contributed by atoms with Gasteiger partial charge in [0.1, 0.15) is 6.61 Å². The molecule has 0 amide bonds. The Labute approximate surface area is 131 Å². The van der Waals surface area contributed by atoms with Gasteiger partial charge in [0.25, 0.3) is 0 Å². The van der Waals surface area contributed by atoms with Gasteiger partial charge >= 0.3 is 5.97 Å². The monoisotopic (exact) mass is 298 g/mol. The fraction of sp³-hybridized carbons (Fsp3) is 0.389. The average molecular weight is 298 g/mol. The second-order valence-electron chi connectivity index (χ2n) is 5.84. The highest BCUT2D eigenvalue weighted by Gasteiger charge is 2.14. The van der Waals surface area contributed by atoms with Gasteiger partial charge < -0.3 is 9.64 Å². The number of rotatable bonds is 4. The van der Waals surface area contributed by atoms with Gasteiger partial charge in [-0.1, -0.05) is 30.3 Å². The number of hydrogen-bond acceptors (Lipinski definition) is 4. The summed E-state index contributed by atoms with van der Waals surface area (Å²) in [5.41, 5.74) is 0.622. The molecule has 0 spiro atoms. The molecule has 0 aliphatic carbocycles. The van der Waals surface area contributed by atoms with Crippen LogP contribution in [-0.4, -0.2) is 62.1 Å². The van der Waals surface area contributed by atoms with E-state index in [1.807, 2.05) is 42.5 Å². The summed E-state index contributed by atoms with van der Waals surface area (Å²) in [7, 11) is 2.14. The molecule has 4 heteroatoms. The van der Waals surface area contributed by atoms with Crippen molar-refractivity contribution in [3.63, 3.8) is 0 Å². The number of likely N-dealkylation sites (N-methyl/N-ethyl adjacent to an activating group) is 1. The summed E-state index contributed by atoms with van der Waals surface area (Å²) in [6.07, 6.45) is 0. The van der Waals surface area contributed by atoms with Gasteiger partial charge in [-0.25, -0.2) is 4.79 Å². The molecule has 1 aliphatic rings. The molecular formula is C18H22N2O2. The Bertz CT molecular complexity index is 648. The fourth-order valence-electron chi connectivity index (χ4n) is 2.74. The number of benzene rings is 2. The van der Waals surface area contributed by atoms with Gasteiger partial charge in [0, 0.05) is 32.7 Å². The van der Waals surface area contributed by atoms with Gasteiger partial charge in [0.2, 0.25) is 0 Å². The van der Waals surface area contributed by atoms with Crippen molar-refractivity contribution in [1.29, 1.82) is 0 Å². The van der Waals surface area contributed by atoms with Crippen LogP contribution < -0.4 is 0 Å². The first-order valence-electron chi connectivity index (χ1n) is 7.79. The van der Waals surface area contributed by atoms with E-state index in [0.717, 1.165) is 43.5 Å². The summed E-state index contributed by atoms with van der Waals surface area (Å²) in [6.45, 7) is 5.52. The molecule has 0 radical (unpaired) electrons. The first-order valence-corrected chi connectivity index (χ1v) is 7.79. The zero-order chi connectivity index (χ0) is 15.4. The molecule has 0 atom stereocenters. The number of nitrogens with zero attached hydrogens (tertiary/aromatic N) is 2. The zero-order valence-electron chi connectivity index (χ0n) is 13.0. The van der Waals surface area contributed by atoms with E-state index in [0.29, 0.717) is 12.2 Å². The minimum Gasteiger partial charge on any atom is -0.461 e. The third kappa shape index (κ3) is 3.64. The molecule has 1 aliphatic heterocycles. The topological polar surface area (TPSA) is 32.8 Å². The maximum atomic E-state index is 12.1. The first-order chi connectivity index (χ1) is 10.7. The van der Waals surface area contributed by atoms with Crippen LogP contribution in [-0.2, 0) is 4.74 Å². The normalized spacial score (nSPS) is 16.8. The van der Waals surface area contributed by atoms with Crippen molar-refractivity contribution in [1.82, 2.24) is 9.80 Å². The summed E-state index contributed by atoms with van der Waals surface area (Å²) < 4.78 is 5.41. The Morgan fingerprint density at radius 2 is 1.77 bits per heavy atom. The highest BCUT2D eigenvalue weighted by Crippen LogP contribution is 2.16. The van der Waals surface area contributed by atoms with Gasteiger partial charge in [0.15, 0.2) is 0 Å². The Kier molecular flexibility index (Phi) is 4.71. The Morgan fingerprint density at radius 1 is 1.05 bits per heavy atom. The molecule has 0 unspecified atom stereocenters. The average Bonchev–Trinajstić information content (AvgIpc) is 2.56. The fourth-order valence-corrected chi connectivity index (χ4v) is 2.74. The van der Waals surface area contributed by atoms with Crippen LogP contribution >= 0.6 is 0 Å². The number of hydrogen-bond donors (Lipinski definition) is 0. The number of carbonyl (C=O) groups excluding carboxylic acids is 1. The van der Waals surface area contributed by atoms with Crippen LogP contribution in [0, 0.1) is 0 Å². The molecular weight excluding hydrogens is 276 g/mol. The predicted molar refractivity (Wildman–Crippen MR) is 88.2 cm³/mol. The lowest BCUT2D eigenvalue weighted by Gasteiger charge is -2.32. The van der Waals surface area contributed by atoms with Crippen LogP contribution in [0.4, 0.5) is 0 Å². The Morgan fingerprint density at radius 3 is 2.55 bits per heavy atom. The van der Waals surface area contributed by atoms with Crippen molar-refractivity contribution in [2.24, 2.45) is 0 Å². The predicted octanol–water partition coefficient (Wildman–Crippen LogP) is 2.24. The van der Waals surface area contributed by atoms with Gasteiger partial charge in [-0.3, -0.25) is 4.90 Å². The molecule has 4 nitrogen and oxygen atoms in total. The van der Waals surface area contributed by atoms with Crippen molar-refractivity contribution >= 4 is 16.7 Å². The standard InChI is InChI=1S/C18H22N2O2/c1-19-8-10-20(11-9-19)12-13-22-18(21)17-7-6-15-4-2-3-5-16(15)14-17/h2-7,14H,8-13H2,1H3. The van der Waals surface area contributed by atoms with E-state index in [1.165, 1.54) is 0 Å². The lowest BCUT2D eigenvalue weighted by Crippen LogP contribution is -2.45. The second-order valence-corrected chi connectivity index (χ2v) is 5.84. The van der Waals surface area contributed by atoms with Crippen LogP contribution in [0.15, 0.2) is 42.5 Å². The molecule has 1 fully saturated rings.